The Morgan fingerprint density at radius 2 is 2.11 bits per heavy atom. The van der Waals surface area contributed by atoms with Crippen LogP contribution in [-0.2, 0) is 5.54 Å². The molecule has 1 aliphatic heterocycles. The second-order valence-corrected chi connectivity index (χ2v) is 6.36. The minimum Gasteiger partial charge on any atom is -0.308 e. The van der Waals surface area contributed by atoms with Crippen molar-refractivity contribution in [3.8, 4) is 0 Å². The standard InChI is InChI=1S/C14H25N3S/c1-5-17-8-6-14(15-4,7-9-17)13-16-12(10-18-13)11(2)3/h10-11,15H,5-9H2,1-4H3. The molecule has 0 radical (unpaired) electrons. The number of nitrogens with zero attached hydrogens (tertiary/aromatic N) is 2. The van der Waals surface area contributed by atoms with Gasteiger partial charge in [0.25, 0.3) is 0 Å². The average Bonchev–Trinajstić information content (AvgIpc) is 2.89. The first-order valence-corrected chi connectivity index (χ1v) is 7.86. The fourth-order valence-corrected chi connectivity index (χ4v) is 3.84. The Bertz CT molecular complexity index is 378. The Kier molecular flexibility index (Phi) is 4.41. The topological polar surface area (TPSA) is 28.2 Å². The van der Waals surface area contributed by atoms with E-state index >= 15 is 0 Å². The third kappa shape index (κ3) is 2.60. The number of hydrogen-bond acceptors (Lipinski definition) is 4. The van der Waals surface area contributed by atoms with Crippen LogP contribution in [0, 0.1) is 0 Å². The van der Waals surface area contributed by atoms with Gasteiger partial charge in [0.2, 0.25) is 0 Å². The van der Waals surface area contributed by atoms with Crippen molar-refractivity contribution >= 4 is 11.3 Å². The number of thiazole rings is 1. The summed E-state index contributed by atoms with van der Waals surface area (Å²) < 4.78 is 0. The molecule has 0 bridgehead atoms. The predicted octanol–water partition coefficient (Wildman–Crippen LogP) is 2.80. The number of likely N-dealkylation sites (tertiary alicyclic amines) is 1. The lowest BCUT2D eigenvalue weighted by atomic mass is 9.88. The van der Waals surface area contributed by atoms with Crippen LogP contribution in [0.5, 0.6) is 0 Å². The molecular weight excluding hydrogens is 242 g/mol. The third-order valence-corrected chi connectivity index (χ3v) is 5.22. The van der Waals surface area contributed by atoms with E-state index in [9.17, 15) is 0 Å². The molecule has 102 valence electrons. The van der Waals surface area contributed by atoms with E-state index in [1.807, 2.05) is 11.3 Å². The monoisotopic (exact) mass is 267 g/mol. The molecule has 0 amide bonds. The van der Waals surface area contributed by atoms with Crippen molar-refractivity contribution in [2.75, 3.05) is 26.7 Å². The van der Waals surface area contributed by atoms with E-state index in [-0.39, 0.29) is 5.54 Å². The van der Waals surface area contributed by atoms with Crippen molar-refractivity contribution in [2.24, 2.45) is 0 Å². The summed E-state index contributed by atoms with van der Waals surface area (Å²) in [4.78, 5) is 7.39. The molecule has 0 aromatic carbocycles. The first-order valence-electron chi connectivity index (χ1n) is 6.98. The molecule has 4 heteroatoms. The van der Waals surface area contributed by atoms with Crippen LogP contribution in [-0.4, -0.2) is 36.6 Å². The molecule has 0 atom stereocenters. The maximum atomic E-state index is 4.86. The predicted molar refractivity (Wildman–Crippen MR) is 78.3 cm³/mol. The molecule has 3 nitrogen and oxygen atoms in total. The first-order chi connectivity index (χ1) is 8.61. The Labute approximate surface area is 115 Å². The summed E-state index contributed by atoms with van der Waals surface area (Å²) in [6.45, 7) is 10.2. The quantitative estimate of drug-likeness (QED) is 0.909. The van der Waals surface area contributed by atoms with Gasteiger partial charge >= 0.3 is 0 Å². The van der Waals surface area contributed by atoms with E-state index in [1.54, 1.807) is 0 Å². The highest BCUT2D eigenvalue weighted by molar-refractivity contribution is 7.09. The van der Waals surface area contributed by atoms with Gasteiger partial charge in [0.15, 0.2) is 0 Å². The number of piperidine rings is 1. The van der Waals surface area contributed by atoms with Crippen LogP contribution < -0.4 is 5.32 Å². The molecule has 1 saturated heterocycles. The van der Waals surface area contributed by atoms with Gasteiger partial charge in [-0.3, -0.25) is 0 Å². The molecule has 1 aromatic heterocycles. The Balaban J connectivity index is 2.17. The summed E-state index contributed by atoms with van der Waals surface area (Å²) in [6, 6.07) is 0. The maximum Gasteiger partial charge on any atom is 0.113 e. The summed E-state index contributed by atoms with van der Waals surface area (Å²) in [7, 11) is 2.08. The number of nitrogens with one attached hydrogen (secondary N) is 1. The summed E-state index contributed by atoms with van der Waals surface area (Å²) >= 11 is 1.82. The van der Waals surface area contributed by atoms with Gasteiger partial charge in [-0.15, -0.1) is 11.3 Å². The largest absolute Gasteiger partial charge is 0.308 e. The molecule has 0 aliphatic carbocycles. The van der Waals surface area contributed by atoms with E-state index < -0.39 is 0 Å². The van der Waals surface area contributed by atoms with Crippen LogP contribution in [0.15, 0.2) is 5.38 Å². The second-order valence-electron chi connectivity index (χ2n) is 5.50. The van der Waals surface area contributed by atoms with Gasteiger partial charge in [0.1, 0.15) is 5.01 Å². The Morgan fingerprint density at radius 3 is 2.56 bits per heavy atom. The Morgan fingerprint density at radius 1 is 1.44 bits per heavy atom. The number of hydrogen-bond donors (Lipinski definition) is 1. The van der Waals surface area contributed by atoms with Crippen LogP contribution in [0.1, 0.15) is 50.2 Å². The van der Waals surface area contributed by atoms with Crippen LogP contribution in [0.2, 0.25) is 0 Å². The molecule has 0 spiro atoms. The molecule has 0 saturated carbocycles. The summed E-state index contributed by atoms with van der Waals surface area (Å²) in [6.07, 6.45) is 2.34. The molecule has 1 aromatic rings. The van der Waals surface area contributed by atoms with E-state index in [4.69, 9.17) is 4.98 Å². The lowest BCUT2D eigenvalue weighted by molar-refractivity contribution is 0.145. The number of rotatable bonds is 4. The van der Waals surface area contributed by atoms with E-state index in [0.717, 1.165) is 6.54 Å². The molecule has 18 heavy (non-hydrogen) atoms. The second kappa shape index (κ2) is 5.68. The lowest BCUT2D eigenvalue weighted by Crippen LogP contribution is -2.49. The first kappa shape index (κ1) is 14.0. The van der Waals surface area contributed by atoms with Crippen LogP contribution in [0.25, 0.3) is 0 Å². The van der Waals surface area contributed by atoms with Crippen molar-refractivity contribution < 1.29 is 0 Å². The van der Waals surface area contributed by atoms with Gasteiger partial charge in [-0.1, -0.05) is 20.8 Å². The van der Waals surface area contributed by atoms with Gasteiger partial charge < -0.3 is 10.2 Å². The van der Waals surface area contributed by atoms with E-state index in [1.165, 1.54) is 36.6 Å². The van der Waals surface area contributed by atoms with E-state index in [0.29, 0.717) is 5.92 Å². The smallest absolute Gasteiger partial charge is 0.113 e. The van der Waals surface area contributed by atoms with Crippen molar-refractivity contribution in [3.05, 3.63) is 16.1 Å². The summed E-state index contributed by atoms with van der Waals surface area (Å²) in [5.41, 5.74) is 1.35. The van der Waals surface area contributed by atoms with Crippen LogP contribution in [0.3, 0.4) is 0 Å². The molecule has 1 fully saturated rings. The number of aromatic nitrogens is 1. The third-order valence-electron chi connectivity index (χ3n) is 4.16. The van der Waals surface area contributed by atoms with Crippen molar-refractivity contribution in [1.29, 1.82) is 0 Å². The highest BCUT2D eigenvalue weighted by Gasteiger charge is 2.37. The molecule has 2 heterocycles. The minimum absolute atomic E-state index is 0.115. The van der Waals surface area contributed by atoms with Crippen LogP contribution in [0.4, 0.5) is 0 Å². The zero-order valence-electron chi connectivity index (χ0n) is 12.0. The highest BCUT2D eigenvalue weighted by atomic mass is 32.1. The molecular formula is C14H25N3S. The summed E-state index contributed by atoms with van der Waals surface area (Å²) in [5.74, 6) is 0.527. The normalized spacial score (nSPS) is 20.5. The van der Waals surface area contributed by atoms with Crippen molar-refractivity contribution in [3.63, 3.8) is 0 Å². The molecule has 0 unspecified atom stereocenters. The molecule has 2 rings (SSSR count). The minimum atomic E-state index is 0.115. The summed E-state index contributed by atoms with van der Waals surface area (Å²) in [5, 5.41) is 7.06. The van der Waals surface area contributed by atoms with Crippen molar-refractivity contribution in [2.45, 2.75) is 45.1 Å². The van der Waals surface area contributed by atoms with Crippen LogP contribution >= 0.6 is 11.3 Å². The SMILES string of the molecule is CCN1CCC(NC)(c2nc(C(C)C)cs2)CC1. The fourth-order valence-electron chi connectivity index (χ4n) is 2.59. The highest BCUT2D eigenvalue weighted by Crippen LogP contribution is 2.35. The van der Waals surface area contributed by atoms with Gasteiger partial charge in [-0.2, -0.15) is 0 Å². The fraction of sp³-hybridized carbons (Fsp3) is 0.786. The average molecular weight is 267 g/mol. The zero-order valence-corrected chi connectivity index (χ0v) is 12.8. The maximum absolute atomic E-state index is 4.86. The molecule has 1 N–H and O–H groups in total. The van der Waals surface area contributed by atoms with Gasteiger partial charge in [0, 0.05) is 18.5 Å². The van der Waals surface area contributed by atoms with Gasteiger partial charge in [-0.25, -0.2) is 4.98 Å². The Hall–Kier alpha value is -0.450. The van der Waals surface area contributed by atoms with Gasteiger partial charge in [0.05, 0.1) is 11.2 Å². The zero-order chi connectivity index (χ0) is 13.2. The van der Waals surface area contributed by atoms with E-state index in [2.05, 4.69) is 43.4 Å². The van der Waals surface area contributed by atoms with Gasteiger partial charge in [-0.05, 0) is 32.4 Å². The van der Waals surface area contributed by atoms with Crippen molar-refractivity contribution in [1.82, 2.24) is 15.2 Å². The lowest BCUT2D eigenvalue weighted by Gasteiger charge is -2.40. The molecule has 1 aliphatic rings.